The number of rotatable bonds is 2. The van der Waals surface area contributed by atoms with Crippen LogP contribution in [0.3, 0.4) is 0 Å². The molecule has 1 fully saturated rings. The van der Waals surface area contributed by atoms with Gasteiger partial charge >= 0.3 is 0 Å². The molecule has 0 bridgehead atoms. The Balaban J connectivity index is 1.91. The third kappa shape index (κ3) is 2.27. The van der Waals surface area contributed by atoms with E-state index in [-0.39, 0.29) is 5.56 Å². The standard InChI is InChI=1S/C13H16N4O/c18-13-12(9-17-7-5-14-6-8-17)15-10-3-1-2-4-11(10)16-13/h1-4,14H,5-9H2,(H,16,18). The molecule has 3 rings (SSSR count). The molecular weight excluding hydrogens is 228 g/mol. The van der Waals surface area contributed by atoms with E-state index in [2.05, 4.69) is 20.2 Å². The van der Waals surface area contributed by atoms with Gasteiger partial charge in [-0.3, -0.25) is 9.69 Å². The van der Waals surface area contributed by atoms with Crippen molar-refractivity contribution in [3.8, 4) is 0 Å². The maximum atomic E-state index is 11.9. The first-order valence-electron chi connectivity index (χ1n) is 6.24. The Morgan fingerprint density at radius 3 is 2.83 bits per heavy atom. The molecule has 0 spiro atoms. The van der Waals surface area contributed by atoms with Crippen LogP contribution in [0, 0.1) is 0 Å². The average molecular weight is 244 g/mol. The Morgan fingerprint density at radius 1 is 1.22 bits per heavy atom. The van der Waals surface area contributed by atoms with Crippen molar-refractivity contribution >= 4 is 11.0 Å². The van der Waals surface area contributed by atoms with Crippen molar-refractivity contribution in [2.24, 2.45) is 0 Å². The van der Waals surface area contributed by atoms with Crippen LogP contribution in [0.2, 0.25) is 0 Å². The summed E-state index contributed by atoms with van der Waals surface area (Å²) >= 11 is 0. The normalized spacial score (nSPS) is 17.1. The molecule has 0 amide bonds. The minimum Gasteiger partial charge on any atom is -0.319 e. The molecule has 2 N–H and O–H groups in total. The maximum absolute atomic E-state index is 11.9. The third-order valence-corrected chi connectivity index (χ3v) is 3.25. The van der Waals surface area contributed by atoms with E-state index in [9.17, 15) is 4.79 Å². The van der Waals surface area contributed by atoms with Gasteiger partial charge in [-0.1, -0.05) is 12.1 Å². The van der Waals surface area contributed by atoms with Crippen LogP contribution >= 0.6 is 0 Å². The number of piperazine rings is 1. The summed E-state index contributed by atoms with van der Waals surface area (Å²) < 4.78 is 0. The summed E-state index contributed by atoms with van der Waals surface area (Å²) in [6, 6.07) is 7.63. The van der Waals surface area contributed by atoms with E-state index in [4.69, 9.17) is 0 Å². The van der Waals surface area contributed by atoms with Gasteiger partial charge in [0.15, 0.2) is 0 Å². The van der Waals surface area contributed by atoms with Crippen molar-refractivity contribution in [2.75, 3.05) is 26.2 Å². The molecular formula is C13H16N4O. The number of fused-ring (bicyclic) bond motifs is 1. The second kappa shape index (κ2) is 4.88. The summed E-state index contributed by atoms with van der Waals surface area (Å²) in [6.45, 7) is 4.51. The molecule has 0 aliphatic carbocycles. The first kappa shape index (κ1) is 11.4. The number of aromatic nitrogens is 2. The van der Waals surface area contributed by atoms with E-state index >= 15 is 0 Å². The third-order valence-electron chi connectivity index (χ3n) is 3.25. The highest BCUT2D eigenvalue weighted by Gasteiger charge is 2.13. The number of aromatic amines is 1. The van der Waals surface area contributed by atoms with Gasteiger partial charge in [-0.2, -0.15) is 0 Å². The molecule has 1 aliphatic heterocycles. The van der Waals surface area contributed by atoms with Crippen molar-refractivity contribution < 1.29 is 0 Å². The van der Waals surface area contributed by atoms with Gasteiger partial charge in [0.05, 0.1) is 11.0 Å². The number of benzene rings is 1. The first-order valence-corrected chi connectivity index (χ1v) is 6.24. The highest BCUT2D eigenvalue weighted by Crippen LogP contribution is 2.07. The lowest BCUT2D eigenvalue weighted by atomic mass is 10.2. The van der Waals surface area contributed by atoms with E-state index in [0.717, 1.165) is 37.2 Å². The Bertz CT molecular complexity index is 601. The molecule has 5 heteroatoms. The maximum Gasteiger partial charge on any atom is 0.271 e. The summed E-state index contributed by atoms with van der Waals surface area (Å²) in [5.41, 5.74) is 2.18. The molecule has 1 saturated heterocycles. The molecule has 2 heterocycles. The molecule has 2 aromatic rings. The van der Waals surface area contributed by atoms with E-state index in [1.807, 2.05) is 24.3 Å². The molecule has 5 nitrogen and oxygen atoms in total. The number of hydrogen-bond acceptors (Lipinski definition) is 4. The Labute approximate surface area is 105 Å². The predicted molar refractivity (Wildman–Crippen MR) is 70.5 cm³/mol. The quantitative estimate of drug-likeness (QED) is 0.799. The highest BCUT2D eigenvalue weighted by atomic mass is 16.1. The molecule has 18 heavy (non-hydrogen) atoms. The predicted octanol–water partition coefficient (Wildman–Crippen LogP) is 0.328. The Morgan fingerprint density at radius 2 is 2.00 bits per heavy atom. The smallest absolute Gasteiger partial charge is 0.271 e. The molecule has 1 aromatic carbocycles. The summed E-state index contributed by atoms with van der Waals surface area (Å²) in [5.74, 6) is 0. The van der Waals surface area contributed by atoms with E-state index in [1.54, 1.807) is 0 Å². The van der Waals surface area contributed by atoms with E-state index in [1.165, 1.54) is 0 Å². The van der Waals surface area contributed by atoms with Crippen molar-refractivity contribution in [1.82, 2.24) is 20.2 Å². The SMILES string of the molecule is O=c1[nH]c2ccccc2nc1CN1CCNCC1. The molecule has 0 radical (unpaired) electrons. The van der Waals surface area contributed by atoms with E-state index in [0.29, 0.717) is 12.2 Å². The van der Waals surface area contributed by atoms with Crippen LogP contribution in [0.5, 0.6) is 0 Å². The summed E-state index contributed by atoms with van der Waals surface area (Å²) in [4.78, 5) is 21.5. The topological polar surface area (TPSA) is 61.0 Å². The number of para-hydroxylation sites is 2. The summed E-state index contributed by atoms with van der Waals surface area (Å²) in [6.07, 6.45) is 0. The molecule has 0 atom stereocenters. The molecule has 1 aliphatic rings. The van der Waals surface area contributed by atoms with Gasteiger partial charge in [-0.25, -0.2) is 4.98 Å². The zero-order valence-electron chi connectivity index (χ0n) is 10.1. The lowest BCUT2D eigenvalue weighted by Gasteiger charge is -2.26. The summed E-state index contributed by atoms with van der Waals surface area (Å²) in [5, 5.41) is 3.30. The minimum absolute atomic E-state index is 0.0766. The zero-order valence-corrected chi connectivity index (χ0v) is 10.1. The van der Waals surface area contributed by atoms with Crippen molar-refractivity contribution in [3.63, 3.8) is 0 Å². The number of nitrogens with zero attached hydrogens (tertiary/aromatic N) is 2. The fourth-order valence-electron chi connectivity index (χ4n) is 2.26. The molecule has 1 aromatic heterocycles. The van der Waals surface area contributed by atoms with Crippen LogP contribution in [0.1, 0.15) is 5.69 Å². The van der Waals surface area contributed by atoms with Crippen LogP contribution in [0.15, 0.2) is 29.1 Å². The second-order valence-corrected chi connectivity index (χ2v) is 4.56. The Kier molecular flexibility index (Phi) is 3.08. The summed E-state index contributed by atoms with van der Waals surface area (Å²) in [7, 11) is 0. The molecule has 0 saturated carbocycles. The second-order valence-electron chi connectivity index (χ2n) is 4.56. The largest absolute Gasteiger partial charge is 0.319 e. The van der Waals surface area contributed by atoms with Crippen LogP contribution in [0.4, 0.5) is 0 Å². The fourth-order valence-corrected chi connectivity index (χ4v) is 2.26. The first-order chi connectivity index (χ1) is 8.83. The monoisotopic (exact) mass is 244 g/mol. The lowest BCUT2D eigenvalue weighted by molar-refractivity contribution is 0.230. The number of hydrogen-bond donors (Lipinski definition) is 2. The van der Waals surface area contributed by atoms with E-state index < -0.39 is 0 Å². The Hall–Kier alpha value is -1.72. The number of nitrogens with one attached hydrogen (secondary N) is 2. The van der Waals surface area contributed by atoms with Crippen molar-refractivity contribution in [3.05, 3.63) is 40.3 Å². The number of H-pyrrole nitrogens is 1. The van der Waals surface area contributed by atoms with Crippen molar-refractivity contribution in [2.45, 2.75) is 6.54 Å². The zero-order chi connectivity index (χ0) is 12.4. The molecule has 0 unspecified atom stereocenters. The van der Waals surface area contributed by atoms with Gasteiger partial charge in [0, 0.05) is 32.7 Å². The van der Waals surface area contributed by atoms with Gasteiger partial charge in [-0.05, 0) is 12.1 Å². The van der Waals surface area contributed by atoms with Crippen LogP contribution < -0.4 is 10.9 Å². The van der Waals surface area contributed by atoms with Gasteiger partial charge in [0.2, 0.25) is 0 Å². The highest BCUT2D eigenvalue weighted by molar-refractivity contribution is 5.73. The fraction of sp³-hybridized carbons (Fsp3) is 0.385. The van der Waals surface area contributed by atoms with Gasteiger partial charge in [-0.15, -0.1) is 0 Å². The van der Waals surface area contributed by atoms with Gasteiger partial charge < -0.3 is 10.3 Å². The van der Waals surface area contributed by atoms with Crippen LogP contribution in [-0.2, 0) is 6.54 Å². The average Bonchev–Trinajstić information content (AvgIpc) is 2.41. The van der Waals surface area contributed by atoms with Crippen LogP contribution in [0.25, 0.3) is 11.0 Å². The lowest BCUT2D eigenvalue weighted by Crippen LogP contribution is -2.43. The molecule has 94 valence electrons. The minimum atomic E-state index is -0.0766. The van der Waals surface area contributed by atoms with Crippen LogP contribution in [-0.4, -0.2) is 41.0 Å². The van der Waals surface area contributed by atoms with Gasteiger partial charge in [0.1, 0.15) is 5.69 Å². The van der Waals surface area contributed by atoms with Gasteiger partial charge in [0.25, 0.3) is 5.56 Å². The van der Waals surface area contributed by atoms with Crippen molar-refractivity contribution in [1.29, 1.82) is 0 Å².